The first-order chi connectivity index (χ1) is 7.96. The highest BCUT2D eigenvalue weighted by molar-refractivity contribution is 7.89. The van der Waals surface area contributed by atoms with Gasteiger partial charge in [0, 0.05) is 25.3 Å². The lowest BCUT2D eigenvalue weighted by molar-refractivity contribution is 0.269. The molecule has 0 radical (unpaired) electrons. The zero-order valence-electron chi connectivity index (χ0n) is 9.59. The Hall–Kier alpha value is -1.11. The summed E-state index contributed by atoms with van der Waals surface area (Å²) in [6.07, 6.45) is 0.868. The van der Waals surface area contributed by atoms with Gasteiger partial charge in [-0.1, -0.05) is 12.1 Å². The molecule has 0 aromatic heterocycles. The van der Waals surface area contributed by atoms with Gasteiger partial charge in [-0.2, -0.15) is 0 Å². The van der Waals surface area contributed by atoms with Gasteiger partial charge in [-0.25, -0.2) is 13.6 Å². The number of nitrogens with two attached hydrogens (primary N) is 2. The average molecular weight is 255 g/mol. The third-order valence-electron chi connectivity index (χ3n) is 3.07. The fourth-order valence-corrected chi connectivity index (χ4v) is 2.66. The van der Waals surface area contributed by atoms with Crippen molar-refractivity contribution in [3.05, 3.63) is 29.3 Å². The molecule has 0 atom stereocenters. The summed E-state index contributed by atoms with van der Waals surface area (Å²) < 4.78 is 21.8. The molecule has 0 unspecified atom stereocenters. The minimum Gasteiger partial charge on any atom is -0.398 e. The number of nitrogen functional groups attached to an aromatic ring is 1. The number of nitrogens with zero attached hydrogens (tertiary/aromatic N) is 1. The predicted molar refractivity (Wildman–Crippen MR) is 67.8 cm³/mol. The lowest BCUT2D eigenvalue weighted by Crippen LogP contribution is -2.36. The first-order valence-electron chi connectivity index (χ1n) is 5.55. The SMILES string of the molecule is Nc1cccc2c1CCN(CCS(N)(=O)=O)C2. The molecule has 0 saturated carbocycles. The predicted octanol–water partition coefficient (Wildman–Crippen LogP) is -0.0846. The van der Waals surface area contributed by atoms with Gasteiger partial charge in [0.2, 0.25) is 10.0 Å². The number of rotatable bonds is 3. The number of hydrogen-bond acceptors (Lipinski definition) is 4. The molecule has 1 aliphatic heterocycles. The summed E-state index contributed by atoms with van der Waals surface area (Å²) in [5, 5.41) is 5.00. The second-order valence-electron chi connectivity index (χ2n) is 4.38. The number of hydrogen-bond donors (Lipinski definition) is 2. The van der Waals surface area contributed by atoms with Crippen molar-refractivity contribution < 1.29 is 8.42 Å². The molecule has 0 bridgehead atoms. The van der Waals surface area contributed by atoms with E-state index in [1.165, 1.54) is 11.1 Å². The molecule has 0 aliphatic carbocycles. The molecule has 0 amide bonds. The highest BCUT2D eigenvalue weighted by atomic mass is 32.2. The largest absolute Gasteiger partial charge is 0.398 e. The number of sulfonamides is 1. The van der Waals surface area contributed by atoms with E-state index in [4.69, 9.17) is 10.9 Å². The van der Waals surface area contributed by atoms with Gasteiger partial charge in [0.25, 0.3) is 0 Å². The van der Waals surface area contributed by atoms with Crippen molar-refractivity contribution in [1.82, 2.24) is 4.90 Å². The minimum atomic E-state index is -3.38. The van der Waals surface area contributed by atoms with E-state index in [0.29, 0.717) is 6.54 Å². The standard InChI is InChI=1S/C11H17N3O2S/c12-11-3-1-2-9-8-14(5-4-10(9)11)6-7-17(13,15)16/h1-3H,4-8,12H2,(H2,13,15,16). The summed E-state index contributed by atoms with van der Waals surface area (Å²) in [5.74, 6) is 0.00461. The summed E-state index contributed by atoms with van der Waals surface area (Å²) in [6.45, 7) is 2.06. The van der Waals surface area contributed by atoms with Crippen LogP contribution in [0.25, 0.3) is 0 Å². The lowest BCUT2D eigenvalue weighted by Gasteiger charge is -2.29. The van der Waals surface area contributed by atoms with Crippen LogP contribution in [-0.2, 0) is 23.0 Å². The van der Waals surface area contributed by atoms with Crippen molar-refractivity contribution in [2.24, 2.45) is 5.14 Å². The highest BCUT2D eigenvalue weighted by Gasteiger charge is 2.18. The van der Waals surface area contributed by atoms with Gasteiger partial charge >= 0.3 is 0 Å². The maximum Gasteiger partial charge on any atom is 0.210 e. The summed E-state index contributed by atoms with van der Waals surface area (Å²) in [4.78, 5) is 2.09. The van der Waals surface area contributed by atoms with Crippen LogP contribution in [0.1, 0.15) is 11.1 Å². The van der Waals surface area contributed by atoms with Gasteiger partial charge in [-0.05, 0) is 23.6 Å². The van der Waals surface area contributed by atoms with Crippen LogP contribution in [0.3, 0.4) is 0 Å². The average Bonchev–Trinajstić information content (AvgIpc) is 2.26. The molecule has 4 N–H and O–H groups in total. The molecular weight excluding hydrogens is 238 g/mol. The Labute approximate surface area is 101 Å². The summed E-state index contributed by atoms with van der Waals surface area (Å²) in [5.41, 5.74) is 9.10. The van der Waals surface area contributed by atoms with Gasteiger partial charge in [-0.3, -0.25) is 4.90 Å². The van der Waals surface area contributed by atoms with Crippen molar-refractivity contribution in [1.29, 1.82) is 0 Å². The fourth-order valence-electron chi connectivity index (χ4n) is 2.14. The third-order valence-corrected chi connectivity index (χ3v) is 3.82. The molecule has 0 saturated heterocycles. The van der Waals surface area contributed by atoms with E-state index >= 15 is 0 Å². The summed E-state index contributed by atoms with van der Waals surface area (Å²) in [7, 11) is -3.38. The second kappa shape index (κ2) is 4.64. The normalized spacial score (nSPS) is 16.8. The molecule has 94 valence electrons. The van der Waals surface area contributed by atoms with Crippen LogP contribution in [0.15, 0.2) is 18.2 Å². The molecule has 1 aromatic rings. The summed E-state index contributed by atoms with van der Waals surface area (Å²) in [6, 6.07) is 5.87. The molecule has 1 heterocycles. The van der Waals surface area contributed by atoms with Crippen LogP contribution in [0.5, 0.6) is 0 Å². The van der Waals surface area contributed by atoms with Crippen LogP contribution in [0, 0.1) is 0 Å². The molecule has 5 nitrogen and oxygen atoms in total. The Morgan fingerprint density at radius 2 is 2.12 bits per heavy atom. The van der Waals surface area contributed by atoms with E-state index < -0.39 is 10.0 Å². The zero-order valence-corrected chi connectivity index (χ0v) is 10.4. The van der Waals surface area contributed by atoms with Gasteiger partial charge in [0.05, 0.1) is 5.75 Å². The first-order valence-corrected chi connectivity index (χ1v) is 7.26. The van der Waals surface area contributed by atoms with Gasteiger partial charge in [0.15, 0.2) is 0 Å². The van der Waals surface area contributed by atoms with E-state index in [2.05, 4.69) is 4.90 Å². The van der Waals surface area contributed by atoms with Crippen molar-refractivity contribution in [2.75, 3.05) is 24.6 Å². The molecule has 0 fully saturated rings. The Morgan fingerprint density at radius 1 is 1.35 bits per heavy atom. The Morgan fingerprint density at radius 3 is 2.82 bits per heavy atom. The minimum absolute atomic E-state index is 0.00461. The molecule has 17 heavy (non-hydrogen) atoms. The lowest BCUT2D eigenvalue weighted by atomic mass is 9.98. The topological polar surface area (TPSA) is 89.4 Å². The molecule has 0 spiro atoms. The third kappa shape index (κ3) is 3.18. The van der Waals surface area contributed by atoms with E-state index in [0.717, 1.165) is 25.2 Å². The van der Waals surface area contributed by atoms with Crippen LogP contribution >= 0.6 is 0 Å². The number of anilines is 1. The molecule has 6 heteroatoms. The molecular formula is C11H17N3O2S. The van der Waals surface area contributed by atoms with Crippen LogP contribution < -0.4 is 10.9 Å². The van der Waals surface area contributed by atoms with E-state index in [1.807, 2.05) is 18.2 Å². The first kappa shape index (κ1) is 12.3. The van der Waals surface area contributed by atoms with Crippen LogP contribution in [0.4, 0.5) is 5.69 Å². The second-order valence-corrected chi connectivity index (χ2v) is 6.11. The van der Waals surface area contributed by atoms with E-state index in [1.54, 1.807) is 0 Å². The number of benzene rings is 1. The van der Waals surface area contributed by atoms with Crippen LogP contribution in [0.2, 0.25) is 0 Å². The number of primary sulfonamides is 1. The highest BCUT2D eigenvalue weighted by Crippen LogP contribution is 2.23. The number of fused-ring (bicyclic) bond motifs is 1. The Balaban J connectivity index is 2.04. The van der Waals surface area contributed by atoms with Gasteiger partial charge in [0.1, 0.15) is 0 Å². The Kier molecular flexibility index (Phi) is 3.37. The quantitative estimate of drug-likeness (QED) is 0.739. The van der Waals surface area contributed by atoms with Crippen molar-refractivity contribution in [3.63, 3.8) is 0 Å². The smallest absolute Gasteiger partial charge is 0.210 e. The molecule has 1 aromatic carbocycles. The zero-order chi connectivity index (χ0) is 12.5. The van der Waals surface area contributed by atoms with Gasteiger partial charge < -0.3 is 5.73 Å². The van der Waals surface area contributed by atoms with E-state index in [9.17, 15) is 8.42 Å². The maximum atomic E-state index is 10.9. The maximum absolute atomic E-state index is 10.9. The van der Waals surface area contributed by atoms with Crippen LogP contribution in [-0.4, -0.2) is 32.2 Å². The summed E-state index contributed by atoms with van der Waals surface area (Å²) >= 11 is 0. The fraction of sp³-hybridized carbons (Fsp3) is 0.455. The van der Waals surface area contributed by atoms with Crippen molar-refractivity contribution in [3.8, 4) is 0 Å². The molecule has 1 aliphatic rings. The Bertz CT molecular complexity index is 513. The van der Waals surface area contributed by atoms with Crippen molar-refractivity contribution in [2.45, 2.75) is 13.0 Å². The monoisotopic (exact) mass is 255 g/mol. The van der Waals surface area contributed by atoms with Crippen molar-refractivity contribution >= 4 is 15.7 Å². The van der Waals surface area contributed by atoms with E-state index in [-0.39, 0.29) is 5.75 Å². The molecule has 2 rings (SSSR count). The van der Waals surface area contributed by atoms with Gasteiger partial charge in [-0.15, -0.1) is 0 Å².